The van der Waals surface area contributed by atoms with Gasteiger partial charge in [-0.1, -0.05) is 162 Å². The van der Waals surface area contributed by atoms with Crippen molar-refractivity contribution in [1.29, 1.82) is 0 Å². The molecule has 13 rings (SSSR count). The van der Waals surface area contributed by atoms with Gasteiger partial charge in [0.1, 0.15) is 11.2 Å². The summed E-state index contributed by atoms with van der Waals surface area (Å²) in [4.78, 5) is 7.49. The molecule has 65 heavy (non-hydrogen) atoms. The highest BCUT2D eigenvalue weighted by molar-refractivity contribution is 7.99. The van der Waals surface area contributed by atoms with Crippen LogP contribution in [-0.2, 0) is 10.8 Å². The van der Waals surface area contributed by atoms with Gasteiger partial charge in [-0.2, -0.15) is 0 Å². The van der Waals surface area contributed by atoms with Crippen molar-refractivity contribution in [2.75, 3.05) is 15.1 Å². The summed E-state index contributed by atoms with van der Waals surface area (Å²) in [6.07, 6.45) is 0. The first-order valence-electron chi connectivity index (χ1n) is 22.7. The molecule has 3 heterocycles. The highest BCUT2D eigenvalue weighted by atomic mass is 32.2. The molecule has 0 atom stereocenters. The zero-order valence-corrected chi connectivity index (χ0v) is 38.2. The van der Waals surface area contributed by atoms with Crippen molar-refractivity contribution in [3.8, 4) is 0 Å². The van der Waals surface area contributed by atoms with Crippen LogP contribution in [0, 0.1) is 0 Å². The maximum absolute atomic E-state index is 7.12. The van der Waals surface area contributed by atoms with E-state index in [0.717, 1.165) is 56.1 Å². The molecule has 0 aliphatic carbocycles. The summed E-state index contributed by atoms with van der Waals surface area (Å²) >= 11 is 1.85. The number of anilines is 8. The monoisotopic (exact) mass is 857 g/mol. The van der Waals surface area contributed by atoms with Gasteiger partial charge in [0.25, 0.3) is 0 Å². The highest BCUT2D eigenvalue weighted by Gasteiger charge is 2.34. The van der Waals surface area contributed by atoms with E-state index in [1.54, 1.807) is 0 Å². The predicted octanol–water partition coefficient (Wildman–Crippen LogP) is 18.3. The minimum atomic E-state index is -0.0928. The Labute approximate surface area is 383 Å². The Morgan fingerprint density at radius 2 is 0.892 bits per heavy atom. The zero-order valence-electron chi connectivity index (χ0n) is 37.4. The van der Waals surface area contributed by atoms with Crippen molar-refractivity contribution in [3.63, 3.8) is 0 Å². The number of benzene rings is 10. The van der Waals surface area contributed by atoms with E-state index < -0.39 is 0 Å². The van der Waals surface area contributed by atoms with Crippen molar-refractivity contribution in [3.05, 3.63) is 181 Å². The third kappa shape index (κ3) is 5.64. The summed E-state index contributed by atoms with van der Waals surface area (Å²) in [5.74, 6) is 0. The normalized spacial score (nSPS) is 13.7. The average molecular weight is 858 g/mol. The van der Waals surface area contributed by atoms with Crippen molar-refractivity contribution < 1.29 is 4.42 Å². The van der Waals surface area contributed by atoms with E-state index >= 15 is 0 Å². The Hall–Kier alpha value is -7.21. The maximum Gasteiger partial charge on any atom is 0.143 e. The molecule has 1 N–H and O–H groups in total. The van der Waals surface area contributed by atoms with Gasteiger partial charge in [0.15, 0.2) is 0 Å². The lowest BCUT2D eigenvalue weighted by Crippen LogP contribution is -2.20. The van der Waals surface area contributed by atoms with E-state index in [0.29, 0.717) is 0 Å². The van der Waals surface area contributed by atoms with Gasteiger partial charge < -0.3 is 19.5 Å². The van der Waals surface area contributed by atoms with Crippen LogP contribution < -0.4 is 15.1 Å². The molecule has 0 unspecified atom stereocenters. The second-order valence-corrected chi connectivity index (χ2v) is 20.9. The molecular formula is C60H47N3OS. The minimum Gasteiger partial charge on any atom is -0.455 e. The molecule has 11 aromatic rings. The molecule has 1 aromatic heterocycles. The third-order valence-corrected chi connectivity index (χ3v) is 14.9. The summed E-state index contributed by atoms with van der Waals surface area (Å²) in [6, 6.07) is 63.0. The molecule has 314 valence electrons. The molecule has 4 nitrogen and oxygen atoms in total. The first-order chi connectivity index (χ1) is 31.5. The van der Waals surface area contributed by atoms with E-state index in [2.05, 4.69) is 227 Å². The standard InChI is InChI=1S/C60H47N3OS/c1-59(2,3)35-28-30-41-43(31-35)56(62-48-23-13-11-21-46(48)61-47-22-12-14-24-49(47)62)40-29-27-36(60(4,5)6)32-44(40)57(41)63-50-25-15-16-26-53(50)65-54-33-45-52(34-51(54)63)64-58-42-20-10-8-18-38(42)37-17-7-9-19-39(37)55(45)58/h7-34,61H,1-6H3. The highest BCUT2D eigenvalue weighted by Crippen LogP contribution is 2.60. The Bertz CT molecular complexity index is 3780. The van der Waals surface area contributed by atoms with Crippen molar-refractivity contribution in [2.45, 2.75) is 62.2 Å². The maximum atomic E-state index is 7.12. The van der Waals surface area contributed by atoms with Crippen LogP contribution in [0.4, 0.5) is 45.5 Å². The molecule has 0 fully saturated rings. The Morgan fingerprint density at radius 3 is 1.49 bits per heavy atom. The molecule has 2 aliphatic rings. The van der Waals surface area contributed by atoms with Crippen LogP contribution in [0.3, 0.4) is 0 Å². The first-order valence-corrected chi connectivity index (χ1v) is 23.5. The average Bonchev–Trinajstić information content (AvgIpc) is 3.69. The second kappa shape index (κ2) is 13.7. The van der Waals surface area contributed by atoms with Gasteiger partial charge in [0.05, 0.1) is 45.5 Å². The SMILES string of the molecule is CC(C)(C)c1ccc2c(N3c4ccccc4Sc4cc5c(cc43)oc3c4ccccc4c4ccccc4c53)c3cc(C(C)(C)C)ccc3c(N3c4ccccc4Nc4ccccc43)c2c1. The minimum absolute atomic E-state index is 0.0852. The number of nitrogens with zero attached hydrogens (tertiary/aromatic N) is 2. The van der Waals surface area contributed by atoms with Crippen LogP contribution in [0.1, 0.15) is 52.7 Å². The molecule has 2 aliphatic heterocycles. The number of furan rings is 1. The van der Waals surface area contributed by atoms with Crippen LogP contribution in [-0.4, -0.2) is 0 Å². The lowest BCUT2D eigenvalue weighted by atomic mass is 9.82. The number of hydrogen-bond donors (Lipinski definition) is 1. The van der Waals surface area contributed by atoms with Gasteiger partial charge >= 0.3 is 0 Å². The fraction of sp³-hybridized carbons (Fsp3) is 0.133. The molecule has 0 saturated carbocycles. The molecule has 0 spiro atoms. The first kappa shape index (κ1) is 38.3. The number of para-hydroxylation sites is 5. The van der Waals surface area contributed by atoms with Crippen LogP contribution in [0.25, 0.3) is 65.0 Å². The predicted molar refractivity (Wildman–Crippen MR) is 278 cm³/mol. The third-order valence-electron chi connectivity index (χ3n) is 13.8. The Balaban J connectivity index is 1.18. The van der Waals surface area contributed by atoms with Gasteiger partial charge in [0.2, 0.25) is 0 Å². The summed E-state index contributed by atoms with van der Waals surface area (Å²) in [6.45, 7) is 13.9. The van der Waals surface area contributed by atoms with Crippen molar-refractivity contribution >= 4 is 122 Å². The topological polar surface area (TPSA) is 31.7 Å². The Morgan fingerprint density at radius 1 is 0.400 bits per heavy atom. The fourth-order valence-corrected chi connectivity index (χ4v) is 11.6. The largest absolute Gasteiger partial charge is 0.455 e. The van der Waals surface area contributed by atoms with E-state index in [1.165, 1.54) is 75.4 Å². The number of hydrogen-bond acceptors (Lipinski definition) is 5. The van der Waals surface area contributed by atoms with Gasteiger partial charge in [-0.3, -0.25) is 0 Å². The van der Waals surface area contributed by atoms with Gasteiger partial charge in [-0.15, -0.1) is 0 Å². The quantitative estimate of drug-likeness (QED) is 0.138. The van der Waals surface area contributed by atoms with E-state index in [4.69, 9.17) is 4.42 Å². The number of nitrogens with one attached hydrogen (secondary N) is 1. The van der Waals surface area contributed by atoms with E-state index in [9.17, 15) is 0 Å². The lowest BCUT2D eigenvalue weighted by molar-refractivity contribution is 0.590. The van der Waals surface area contributed by atoms with Crippen LogP contribution in [0.5, 0.6) is 0 Å². The smallest absolute Gasteiger partial charge is 0.143 e. The number of rotatable bonds is 2. The zero-order chi connectivity index (χ0) is 43.9. The Kier molecular flexibility index (Phi) is 8.04. The summed E-state index contributed by atoms with van der Waals surface area (Å²) in [5, 5.41) is 15.7. The van der Waals surface area contributed by atoms with Crippen molar-refractivity contribution in [2.24, 2.45) is 0 Å². The molecule has 10 aromatic carbocycles. The fourth-order valence-electron chi connectivity index (χ4n) is 10.6. The van der Waals surface area contributed by atoms with Crippen molar-refractivity contribution in [1.82, 2.24) is 0 Å². The molecular weight excluding hydrogens is 811 g/mol. The van der Waals surface area contributed by atoms with Gasteiger partial charge in [0, 0.05) is 53.6 Å². The summed E-state index contributed by atoms with van der Waals surface area (Å²) in [7, 11) is 0. The summed E-state index contributed by atoms with van der Waals surface area (Å²) in [5.41, 5.74) is 13.3. The second-order valence-electron chi connectivity index (χ2n) is 19.8. The molecule has 5 heteroatoms. The van der Waals surface area contributed by atoms with E-state index in [-0.39, 0.29) is 10.8 Å². The van der Waals surface area contributed by atoms with Gasteiger partial charge in [-0.25, -0.2) is 0 Å². The molecule has 0 radical (unpaired) electrons. The van der Waals surface area contributed by atoms with Crippen LogP contribution in [0.2, 0.25) is 0 Å². The molecule has 0 saturated heterocycles. The van der Waals surface area contributed by atoms with Gasteiger partial charge in [-0.05, 0) is 92.7 Å². The van der Waals surface area contributed by atoms with Crippen LogP contribution >= 0.6 is 11.8 Å². The lowest BCUT2D eigenvalue weighted by Gasteiger charge is -2.38. The summed E-state index contributed by atoms with van der Waals surface area (Å²) < 4.78 is 7.12. The molecule has 0 bridgehead atoms. The van der Waals surface area contributed by atoms with E-state index in [1.807, 2.05) is 11.8 Å². The number of fused-ring (bicyclic) bond motifs is 14. The molecule has 0 amide bonds. The van der Waals surface area contributed by atoms with Crippen LogP contribution in [0.15, 0.2) is 184 Å².